The molecule has 2 fully saturated rings. The van der Waals surface area contributed by atoms with Crippen LogP contribution in [0.3, 0.4) is 0 Å². The van der Waals surface area contributed by atoms with Gasteiger partial charge in [-0.1, -0.05) is 48.5 Å². The molecule has 0 radical (unpaired) electrons. The lowest BCUT2D eigenvalue weighted by molar-refractivity contribution is 0.00471. The Labute approximate surface area is 172 Å². The number of benzene rings is 2. The van der Waals surface area contributed by atoms with Crippen molar-refractivity contribution in [3.8, 4) is 0 Å². The Morgan fingerprint density at radius 3 is 2.34 bits per heavy atom. The standard InChI is InChI=1S/C25H29NO3/c1-17-8-6-13-23(18(17)2)24(27)20-14-21-11-7-12-22(15-20)26(21)25(28)29-16-19-9-4-3-5-10-19/h3-6,8-10,13,20-22H,7,11-12,14-16H2,1-2H3. The third-order valence-electron chi connectivity index (χ3n) is 6.63. The third-order valence-corrected chi connectivity index (χ3v) is 6.63. The minimum atomic E-state index is -0.235. The molecule has 2 bridgehead atoms. The van der Waals surface area contributed by atoms with E-state index >= 15 is 0 Å². The Morgan fingerprint density at radius 1 is 0.966 bits per heavy atom. The lowest BCUT2D eigenvalue weighted by atomic mass is 9.75. The summed E-state index contributed by atoms with van der Waals surface area (Å²) in [6, 6.07) is 15.9. The topological polar surface area (TPSA) is 46.6 Å². The largest absolute Gasteiger partial charge is 0.445 e. The van der Waals surface area contributed by atoms with Crippen molar-refractivity contribution in [3.63, 3.8) is 0 Å². The molecule has 2 unspecified atom stereocenters. The van der Waals surface area contributed by atoms with Crippen molar-refractivity contribution >= 4 is 11.9 Å². The number of hydrogen-bond donors (Lipinski definition) is 0. The number of rotatable bonds is 4. The highest BCUT2D eigenvalue weighted by molar-refractivity contribution is 5.99. The van der Waals surface area contributed by atoms with Crippen LogP contribution in [-0.2, 0) is 11.3 Å². The van der Waals surface area contributed by atoms with Gasteiger partial charge in [-0.3, -0.25) is 4.79 Å². The first-order valence-electron chi connectivity index (χ1n) is 10.6. The molecule has 0 aliphatic carbocycles. The highest BCUT2D eigenvalue weighted by atomic mass is 16.6. The van der Waals surface area contributed by atoms with Crippen LogP contribution in [0.15, 0.2) is 48.5 Å². The molecule has 2 saturated heterocycles. The van der Waals surface area contributed by atoms with Crippen LogP contribution < -0.4 is 0 Å². The number of Topliss-reactive ketones (excluding diaryl/α,β-unsaturated/α-hetero) is 1. The summed E-state index contributed by atoms with van der Waals surface area (Å²) in [6.07, 6.45) is 4.26. The summed E-state index contributed by atoms with van der Waals surface area (Å²) in [7, 11) is 0. The molecule has 2 aromatic rings. The van der Waals surface area contributed by atoms with Crippen molar-refractivity contribution in [2.24, 2.45) is 5.92 Å². The van der Waals surface area contributed by atoms with Gasteiger partial charge in [0.05, 0.1) is 0 Å². The van der Waals surface area contributed by atoms with E-state index < -0.39 is 0 Å². The Balaban J connectivity index is 1.45. The SMILES string of the molecule is Cc1cccc(C(=O)C2CC3CCCC(C2)N3C(=O)OCc2ccccc2)c1C. The van der Waals surface area contributed by atoms with E-state index in [9.17, 15) is 9.59 Å². The van der Waals surface area contributed by atoms with E-state index in [0.717, 1.165) is 54.4 Å². The minimum Gasteiger partial charge on any atom is -0.445 e. The van der Waals surface area contributed by atoms with Gasteiger partial charge in [0.25, 0.3) is 0 Å². The van der Waals surface area contributed by atoms with Crippen molar-refractivity contribution in [2.75, 3.05) is 0 Å². The summed E-state index contributed by atoms with van der Waals surface area (Å²) < 4.78 is 5.62. The third kappa shape index (κ3) is 4.07. The normalized spacial score (nSPS) is 23.5. The van der Waals surface area contributed by atoms with Gasteiger partial charge in [0, 0.05) is 23.6 Å². The number of aryl methyl sites for hydroxylation is 1. The fraction of sp³-hybridized carbons (Fsp3) is 0.440. The summed E-state index contributed by atoms with van der Waals surface area (Å²) in [5.74, 6) is 0.226. The molecular formula is C25H29NO3. The predicted molar refractivity (Wildman–Crippen MR) is 113 cm³/mol. The second-order valence-corrected chi connectivity index (χ2v) is 8.47. The molecule has 0 N–H and O–H groups in total. The van der Waals surface area contributed by atoms with Gasteiger partial charge in [0.1, 0.15) is 6.61 Å². The van der Waals surface area contributed by atoms with E-state index in [1.807, 2.05) is 67.3 Å². The molecule has 0 spiro atoms. The van der Waals surface area contributed by atoms with Crippen molar-refractivity contribution < 1.29 is 14.3 Å². The lowest BCUT2D eigenvalue weighted by Crippen LogP contribution is -2.55. The van der Waals surface area contributed by atoms with Gasteiger partial charge in [0.15, 0.2) is 5.78 Å². The summed E-state index contributed by atoms with van der Waals surface area (Å²) >= 11 is 0. The van der Waals surface area contributed by atoms with Crippen molar-refractivity contribution in [2.45, 2.75) is 64.6 Å². The number of piperidine rings is 2. The number of ether oxygens (including phenoxy) is 1. The van der Waals surface area contributed by atoms with Crippen LogP contribution in [0.4, 0.5) is 4.79 Å². The summed E-state index contributed by atoms with van der Waals surface area (Å²) in [6.45, 7) is 4.37. The summed E-state index contributed by atoms with van der Waals surface area (Å²) in [5, 5.41) is 0. The zero-order valence-electron chi connectivity index (χ0n) is 17.3. The molecule has 152 valence electrons. The number of ketones is 1. The molecule has 29 heavy (non-hydrogen) atoms. The number of carbonyl (C=O) groups is 2. The highest BCUT2D eigenvalue weighted by Gasteiger charge is 2.43. The van der Waals surface area contributed by atoms with E-state index in [1.54, 1.807) is 0 Å². The molecule has 2 atom stereocenters. The Bertz CT molecular complexity index is 878. The zero-order chi connectivity index (χ0) is 20.4. The average molecular weight is 392 g/mol. The van der Waals surface area contributed by atoms with Gasteiger partial charge in [-0.2, -0.15) is 0 Å². The molecule has 2 heterocycles. The predicted octanol–water partition coefficient (Wildman–Crippen LogP) is 5.46. The van der Waals surface area contributed by atoms with E-state index in [2.05, 4.69) is 0 Å². The highest BCUT2D eigenvalue weighted by Crippen LogP contribution is 2.39. The maximum Gasteiger partial charge on any atom is 0.410 e. The van der Waals surface area contributed by atoms with Gasteiger partial charge < -0.3 is 9.64 Å². The summed E-state index contributed by atoms with van der Waals surface area (Å²) in [4.78, 5) is 28.0. The van der Waals surface area contributed by atoms with Crippen LogP contribution in [0.5, 0.6) is 0 Å². The van der Waals surface area contributed by atoms with E-state index in [4.69, 9.17) is 4.74 Å². The van der Waals surface area contributed by atoms with Crippen molar-refractivity contribution in [1.82, 2.24) is 4.90 Å². The van der Waals surface area contributed by atoms with Gasteiger partial charge in [-0.25, -0.2) is 4.79 Å². The first-order valence-corrected chi connectivity index (χ1v) is 10.6. The van der Waals surface area contributed by atoms with E-state index in [1.165, 1.54) is 0 Å². The van der Waals surface area contributed by atoms with Gasteiger partial charge >= 0.3 is 6.09 Å². The van der Waals surface area contributed by atoms with E-state index in [-0.39, 0.29) is 29.9 Å². The smallest absolute Gasteiger partial charge is 0.410 e. The summed E-state index contributed by atoms with van der Waals surface area (Å²) in [5.41, 5.74) is 4.06. The molecule has 4 nitrogen and oxygen atoms in total. The Hall–Kier alpha value is -2.62. The van der Waals surface area contributed by atoms with Crippen molar-refractivity contribution in [3.05, 3.63) is 70.8 Å². The van der Waals surface area contributed by atoms with Crippen molar-refractivity contribution in [1.29, 1.82) is 0 Å². The number of amides is 1. The molecule has 2 aliphatic rings. The quantitative estimate of drug-likeness (QED) is 0.651. The number of nitrogens with zero attached hydrogens (tertiary/aromatic N) is 1. The molecule has 4 rings (SSSR count). The number of hydrogen-bond acceptors (Lipinski definition) is 3. The van der Waals surface area contributed by atoms with Gasteiger partial charge in [-0.05, 0) is 62.6 Å². The molecule has 0 aromatic heterocycles. The van der Waals surface area contributed by atoms with Crippen LogP contribution in [0, 0.1) is 19.8 Å². The number of carbonyl (C=O) groups excluding carboxylic acids is 2. The Kier molecular flexibility index (Phi) is 5.70. The Morgan fingerprint density at radius 2 is 1.66 bits per heavy atom. The molecular weight excluding hydrogens is 362 g/mol. The lowest BCUT2D eigenvalue weighted by Gasteiger charge is -2.47. The second-order valence-electron chi connectivity index (χ2n) is 8.47. The average Bonchev–Trinajstić information content (AvgIpc) is 2.73. The molecule has 2 aliphatic heterocycles. The van der Waals surface area contributed by atoms with Gasteiger partial charge in [0.2, 0.25) is 0 Å². The molecule has 2 aromatic carbocycles. The van der Waals surface area contributed by atoms with Gasteiger partial charge in [-0.15, -0.1) is 0 Å². The fourth-order valence-corrected chi connectivity index (χ4v) is 4.93. The van der Waals surface area contributed by atoms with Crippen LogP contribution in [0.25, 0.3) is 0 Å². The first-order chi connectivity index (χ1) is 14.0. The van der Waals surface area contributed by atoms with Crippen LogP contribution >= 0.6 is 0 Å². The van der Waals surface area contributed by atoms with E-state index in [0.29, 0.717) is 6.61 Å². The second kappa shape index (κ2) is 8.40. The monoisotopic (exact) mass is 391 g/mol. The molecule has 0 saturated carbocycles. The fourth-order valence-electron chi connectivity index (χ4n) is 4.93. The molecule has 4 heteroatoms. The van der Waals surface area contributed by atoms with Crippen LogP contribution in [0.1, 0.15) is 59.2 Å². The van der Waals surface area contributed by atoms with Crippen LogP contribution in [-0.4, -0.2) is 28.9 Å². The molecule has 1 amide bonds. The maximum atomic E-state index is 13.3. The number of fused-ring (bicyclic) bond motifs is 2. The maximum absolute atomic E-state index is 13.3. The first kappa shape index (κ1) is 19.7. The minimum absolute atomic E-state index is 0.0102. The zero-order valence-corrected chi connectivity index (χ0v) is 17.3. The van der Waals surface area contributed by atoms with Crippen LogP contribution in [0.2, 0.25) is 0 Å².